The lowest BCUT2D eigenvalue weighted by atomic mass is 10.2. The molecule has 2 N–H and O–H groups in total. The van der Waals surface area contributed by atoms with Crippen LogP contribution >= 0.6 is 0 Å². The molecule has 0 heterocycles. The molecule has 5 nitrogen and oxygen atoms in total. The number of carbonyl (C=O) groups is 1. The third-order valence-electron chi connectivity index (χ3n) is 2.82. The molecule has 0 fully saturated rings. The number of hydrogen-bond acceptors (Lipinski definition) is 4. The van der Waals surface area contributed by atoms with Gasteiger partial charge in [0.2, 0.25) is 0 Å². The van der Waals surface area contributed by atoms with E-state index < -0.39 is 5.60 Å². The lowest BCUT2D eigenvalue weighted by Crippen LogP contribution is -2.37. The van der Waals surface area contributed by atoms with E-state index >= 15 is 0 Å². The Morgan fingerprint density at radius 1 is 1.24 bits per heavy atom. The van der Waals surface area contributed by atoms with E-state index in [4.69, 9.17) is 15.2 Å². The fourth-order valence-corrected chi connectivity index (χ4v) is 1.79. The largest absolute Gasteiger partial charge is 0.497 e. The van der Waals surface area contributed by atoms with Crippen LogP contribution in [0.3, 0.4) is 0 Å². The fraction of sp³-hybridized carbons (Fsp3) is 0.562. The van der Waals surface area contributed by atoms with Crippen LogP contribution in [0.5, 0.6) is 5.75 Å². The Bertz CT molecular complexity index is 438. The maximum atomic E-state index is 12.2. The summed E-state index contributed by atoms with van der Waals surface area (Å²) in [6.45, 7) is 7.20. The highest BCUT2D eigenvalue weighted by Gasteiger charge is 2.21. The third-order valence-corrected chi connectivity index (χ3v) is 2.82. The van der Waals surface area contributed by atoms with Gasteiger partial charge in [0.25, 0.3) is 0 Å². The molecule has 21 heavy (non-hydrogen) atoms. The van der Waals surface area contributed by atoms with Crippen molar-refractivity contribution in [1.82, 2.24) is 4.90 Å². The highest BCUT2D eigenvalue weighted by molar-refractivity contribution is 5.68. The molecule has 0 aromatic heterocycles. The van der Waals surface area contributed by atoms with Crippen molar-refractivity contribution in [2.75, 3.05) is 20.2 Å². The summed E-state index contributed by atoms with van der Waals surface area (Å²) in [5, 5.41) is 0. The number of nitrogens with zero attached hydrogens (tertiary/aromatic N) is 1. The van der Waals surface area contributed by atoms with Gasteiger partial charge in [-0.2, -0.15) is 0 Å². The minimum absolute atomic E-state index is 0.313. The molecule has 118 valence electrons. The SMILES string of the molecule is COc1ccc(CN(CCCN)C(=O)OC(C)(C)C)cc1. The van der Waals surface area contributed by atoms with Crippen LogP contribution in [0.25, 0.3) is 0 Å². The van der Waals surface area contributed by atoms with Gasteiger partial charge in [0.15, 0.2) is 0 Å². The fourth-order valence-electron chi connectivity index (χ4n) is 1.79. The first-order chi connectivity index (χ1) is 9.85. The van der Waals surface area contributed by atoms with E-state index in [2.05, 4.69) is 0 Å². The van der Waals surface area contributed by atoms with Crippen molar-refractivity contribution >= 4 is 6.09 Å². The molecule has 0 radical (unpaired) electrons. The van der Waals surface area contributed by atoms with Crippen LogP contribution in [0.4, 0.5) is 4.79 Å². The summed E-state index contributed by atoms with van der Waals surface area (Å²) < 4.78 is 10.6. The monoisotopic (exact) mass is 294 g/mol. The molecule has 0 saturated carbocycles. The lowest BCUT2D eigenvalue weighted by Gasteiger charge is -2.27. The van der Waals surface area contributed by atoms with Gasteiger partial charge >= 0.3 is 6.09 Å². The minimum Gasteiger partial charge on any atom is -0.497 e. The van der Waals surface area contributed by atoms with Gasteiger partial charge in [0.1, 0.15) is 11.4 Å². The molecule has 0 bridgehead atoms. The van der Waals surface area contributed by atoms with Gasteiger partial charge in [-0.05, 0) is 51.4 Å². The molecule has 0 aliphatic rings. The minimum atomic E-state index is -0.502. The summed E-state index contributed by atoms with van der Waals surface area (Å²) in [6.07, 6.45) is 0.432. The van der Waals surface area contributed by atoms with E-state index in [9.17, 15) is 4.79 Å². The Kier molecular flexibility index (Phi) is 6.49. The van der Waals surface area contributed by atoms with Crippen molar-refractivity contribution in [2.24, 2.45) is 5.73 Å². The van der Waals surface area contributed by atoms with Crippen LogP contribution in [-0.4, -0.2) is 36.8 Å². The van der Waals surface area contributed by atoms with Gasteiger partial charge in [-0.3, -0.25) is 0 Å². The Labute approximate surface area is 127 Å². The molecule has 0 aliphatic heterocycles. The summed E-state index contributed by atoms with van der Waals surface area (Å²) in [4.78, 5) is 13.9. The molecule has 0 spiro atoms. The zero-order chi connectivity index (χ0) is 15.9. The topological polar surface area (TPSA) is 64.8 Å². The Morgan fingerprint density at radius 2 is 1.86 bits per heavy atom. The standard InChI is InChI=1S/C16H26N2O3/c1-16(2,3)21-15(19)18(11-5-10-17)12-13-6-8-14(20-4)9-7-13/h6-9H,5,10-12,17H2,1-4H3. The highest BCUT2D eigenvalue weighted by atomic mass is 16.6. The Hall–Kier alpha value is -1.75. The molecule has 1 aromatic rings. The molecular weight excluding hydrogens is 268 g/mol. The van der Waals surface area contributed by atoms with E-state index in [0.29, 0.717) is 19.6 Å². The second kappa shape index (κ2) is 7.88. The summed E-state index contributed by atoms with van der Waals surface area (Å²) in [7, 11) is 1.63. The van der Waals surface area contributed by atoms with Crippen LogP contribution in [0, 0.1) is 0 Å². The number of nitrogens with two attached hydrogens (primary N) is 1. The Morgan fingerprint density at radius 3 is 2.33 bits per heavy atom. The average molecular weight is 294 g/mol. The van der Waals surface area contributed by atoms with Crippen LogP contribution in [0.1, 0.15) is 32.8 Å². The van der Waals surface area contributed by atoms with Gasteiger partial charge in [0.05, 0.1) is 7.11 Å². The number of ether oxygens (including phenoxy) is 2. The smallest absolute Gasteiger partial charge is 0.410 e. The van der Waals surface area contributed by atoms with Gasteiger partial charge in [0, 0.05) is 13.1 Å². The molecule has 0 saturated heterocycles. The van der Waals surface area contributed by atoms with Crippen molar-refractivity contribution < 1.29 is 14.3 Å². The molecular formula is C16H26N2O3. The van der Waals surface area contributed by atoms with Crippen molar-refractivity contribution in [3.8, 4) is 5.75 Å². The van der Waals surface area contributed by atoms with E-state index in [-0.39, 0.29) is 6.09 Å². The molecule has 1 rings (SSSR count). The van der Waals surface area contributed by atoms with Crippen molar-refractivity contribution in [3.63, 3.8) is 0 Å². The summed E-state index contributed by atoms with van der Waals surface area (Å²) >= 11 is 0. The molecule has 0 atom stereocenters. The maximum absolute atomic E-state index is 12.2. The molecule has 5 heteroatoms. The molecule has 0 aliphatic carbocycles. The quantitative estimate of drug-likeness (QED) is 0.876. The first kappa shape index (κ1) is 17.3. The van der Waals surface area contributed by atoms with Crippen molar-refractivity contribution in [2.45, 2.75) is 39.3 Å². The van der Waals surface area contributed by atoms with Crippen LogP contribution in [0.15, 0.2) is 24.3 Å². The second-order valence-electron chi connectivity index (χ2n) is 5.89. The van der Waals surface area contributed by atoms with Gasteiger partial charge < -0.3 is 20.1 Å². The highest BCUT2D eigenvalue weighted by Crippen LogP contribution is 2.16. The van der Waals surface area contributed by atoms with E-state index in [1.165, 1.54) is 0 Å². The van der Waals surface area contributed by atoms with Crippen LogP contribution in [-0.2, 0) is 11.3 Å². The second-order valence-corrected chi connectivity index (χ2v) is 5.89. The van der Waals surface area contributed by atoms with E-state index in [1.54, 1.807) is 12.0 Å². The van der Waals surface area contributed by atoms with Crippen molar-refractivity contribution in [1.29, 1.82) is 0 Å². The molecule has 1 aromatic carbocycles. The average Bonchev–Trinajstić information content (AvgIpc) is 2.42. The zero-order valence-corrected chi connectivity index (χ0v) is 13.4. The predicted molar refractivity (Wildman–Crippen MR) is 83.3 cm³/mol. The number of amides is 1. The number of hydrogen-bond donors (Lipinski definition) is 1. The zero-order valence-electron chi connectivity index (χ0n) is 13.4. The van der Waals surface area contributed by atoms with Crippen LogP contribution in [0.2, 0.25) is 0 Å². The van der Waals surface area contributed by atoms with Crippen molar-refractivity contribution in [3.05, 3.63) is 29.8 Å². The number of methoxy groups -OCH3 is 1. The van der Waals surface area contributed by atoms with E-state index in [0.717, 1.165) is 17.7 Å². The molecule has 1 amide bonds. The maximum Gasteiger partial charge on any atom is 0.410 e. The first-order valence-corrected chi connectivity index (χ1v) is 7.16. The number of rotatable bonds is 6. The Balaban J connectivity index is 2.74. The normalized spacial score (nSPS) is 11.1. The van der Waals surface area contributed by atoms with Gasteiger partial charge in [-0.15, -0.1) is 0 Å². The van der Waals surface area contributed by atoms with Gasteiger partial charge in [-0.25, -0.2) is 4.79 Å². The number of carbonyl (C=O) groups excluding carboxylic acids is 1. The molecule has 0 unspecified atom stereocenters. The lowest BCUT2D eigenvalue weighted by molar-refractivity contribution is 0.0232. The summed E-state index contributed by atoms with van der Waals surface area (Å²) in [5.74, 6) is 0.796. The van der Waals surface area contributed by atoms with Gasteiger partial charge in [-0.1, -0.05) is 12.1 Å². The summed E-state index contributed by atoms with van der Waals surface area (Å²) in [6, 6.07) is 7.65. The third kappa shape index (κ3) is 6.49. The number of benzene rings is 1. The summed E-state index contributed by atoms with van der Waals surface area (Å²) in [5.41, 5.74) is 6.06. The van der Waals surface area contributed by atoms with E-state index in [1.807, 2.05) is 45.0 Å². The van der Waals surface area contributed by atoms with Crippen LogP contribution < -0.4 is 10.5 Å². The first-order valence-electron chi connectivity index (χ1n) is 7.16. The predicted octanol–water partition coefficient (Wildman–Crippen LogP) is 2.78.